The second-order valence-corrected chi connectivity index (χ2v) is 9.46. The van der Waals surface area contributed by atoms with E-state index in [4.69, 9.17) is 40.7 Å². The third kappa shape index (κ3) is 6.31. The zero-order valence-electron chi connectivity index (χ0n) is 19.1. The molecule has 0 bridgehead atoms. The van der Waals surface area contributed by atoms with Crippen LogP contribution in [-0.2, 0) is 6.54 Å². The van der Waals surface area contributed by atoms with Crippen LogP contribution in [0, 0.1) is 17.1 Å². The summed E-state index contributed by atoms with van der Waals surface area (Å²) in [5, 5.41) is 15.5. The van der Waals surface area contributed by atoms with Crippen molar-refractivity contribution >= 4 is 57.8 Å². The lowest BCUT2D eigenvalue weighted by atomic mass is 10.1. The van der Waals surface area contributed by atoms with E-state index in [9.17, 15) is 9.18 Å². The Bertz CT molecular complexity index is 1340. The molecule has 3 aromatic carbocycles. The minimum Gasteiger partial charge on any atom is -0.368 e. The molecule has 184 valence electrons. The van der Waals surface area contributed by atoms with Crippen molar-refractivity contribution in [2.24, 2.45) is 0 Å². The topological polar surface area (TPSA) is 71.4 Å². The van der Waals surface area contributed by atoms with Crippen LogP contribution >= 0.6 is 35.4 Å². The standard InChI is InChI=1S/C26H22Cl2FN5OS/c27-21-4-2-1-3-18(21)16-33-9-11-34(12-10-33)24-8-6-19(14-22(24)28)31-26(36)32-25(35)20-7-5-17(15-30)13-23(20)29/h1-8,13-14H,9-12,16H2,(H2,31,32,35,36). The van der Waals surface area contributed by atoms with Gasteiger partial charge in [-0.1, -0.05) is 41.4 Å². The molecule has 4 rings (SSSR count). The van der Waals surface area contributed by atoms with E-state index in [1.54, 1.807) is 6.07 Å². The maximum Gasteiger partial charge on any atom is 0.260 e. The molecule has 1 saturated heterocycles. The molecule has 36 heavy (non-hydrogen) atoms. The first kappa shape index (κ1) is 25.9. The van der Waals surface area contributed by atoms with E-state index < -0.39 is 11.7 Å². The van der Waals surface area contributed by atoms with Gasteiger partial charge in [0.05, 0.1) is 27.9 Å². The Kier molecular flexibility index (Phi) is 8.39. The number of thiocarbonyl (C=S) groups is 1. The quantitative estimate of drug-likeness (QED) is 0.418. The van der Waals surface area contributed by atoms with Crippen molar-refractivity contribution in [1.29, 1.82) is 5.26 Å². The lowest BCUT2D eigenvalue weighted by molar-refractivity contribution is 0.0974. The summed E-state index contributed by atoms with van der Waals surface area (Å²) in [7, 11) is 0. The highest BCUT2D eigenvalue weighted by atomic mass is 35.5. The van der Waals surface area contributed by atoms with Crippen LogP contribution in [0.5, 0.6) is 0 Å². The number of hydrogen-bond acceptors (Lipinski definition) is 5. The fourth-order valence-corrected chi connectivity index (χ4v) is 4.66. The maximum atomic E-state index is 14.1. The first-order valence-corrected chi connectivity index (χ1v) is 12.3. The molecule has 1 aliphatic rings. The van der Waals surface area contributed by atoms with E-state index in [1.165, 1.54) is 12.1 Å². The molecule has 1 fully saturated rings. The van der Waals surface area contributed by atoms with Gasteiger partial charge in [0, 0.05) is 43.4 Å². The minimum atomic E-state index is -0.797. The highest BCUT2D eigenvalue weighted by Crippen LogP contribution is 2.30. The van der Waals surface area contributed by atoms with Crippen molar-refractivity contribution in [2.45, 2.75) is 6.54 Å². The number of carbonyl (C=O) groups excluding carboxylic acids is 1. The van der Waals surface area contributed by atoms with E-state index in [0.29, 0.717) is 10.7 Å². The number of hydrogen-bond donors (Lipinski definition) is 2. The van der Waals surface area contributed by atoms with Crippen molar-refractivity contribution in [3.63, 3.8) is 0 Å². The molecule has 0 aliphatic carbocycles. The summed E-state index contributed by atoms with van der Waals surface area (Å²) in [6, 6.07) is 18.8. The fraction of sp³-hybridized carbons (Fsp3) is 0.192. The second kappa shape index (κ2) is 11.7. The summed E-state index contributed by atoms with van der Waals surface area (Å²) >= 11 is 18.1. The molecule has 0 saturated carbocycles. The van der Waals surface area contributed by atoms with Gasteiger partial charge in [0.15, 0.2) is 5.11 Å². The van der Waals surface area contributed by atoms with E-state index in [0.717, 1.165) is 55.1 Å². The van der Waals surface area contributed by atoms with Crippen molar-refractivity contribution in [3.05, 3.63) is 93.2 Å². The molecule has 0 aromatic heterocycles. The molecule has 0 radical (unpaired) electrons. The monoisotopic (exact) mass is 541 g/mol. The molecule has 10 heteroatoms. The summed E-state index contributed by atoms with van der Waals surface area (Å²) in [6.45, 7) is 4.20. The van der Waals surface area contributed by atoms with Gasteiger partial charge < -0.3 is 10.2 Å². The lowest BCUT2D eigenvalue weighted by Crippen LogP contribution is -2.46. The molecule has 3 aromatic rings. The number of nitriles is 1. The van der Waals surface area contributed by atoms with Crippen molar-refractivity contribution < 1.29 is 9.18 Å². The Morgan fingerprint density at radius 3 is 2.44 bits per heavy atom. The Labute approximate surface area is 224 Å². The van der Waals surface area contributed by atoms with Gasteiger partial charge in [-0.05, 0) is 60.2 Å². The van der Waals surface area contributed by atoms with Gasteiger partial charge in [0.25, 0.3) is 5.91 Å². The lowest BCUT2D eigenvalue weighted by Gasteiger charge is -2.36. The van der Waals surface area contributed by atoms with Crippen LogP contribution in [0.3, 0.4) is 0 Å². The van der Waals surface area contributed by atoms with E-state index >= 15 is 0 Å². The number of nitrogens with one attached hydrogen (secondary N) is 2. The van der Waals surface area contributed by atoms with Crippen LogP contribution in [0.15, 0.2) is 60.7 Å². The minimum absolute atomic E-state index is 0.000707. The second-order valence-electron chi connectivity index (χ2n) is 8.24. The van der Waals surface area contributed by atoms with Gasteiger partial charge in [-0.3, -0.25) is 15.0 Å². The molecule has 0 unspecified atom stereocenters. The Balaban J connectivity index is 1.32. The number of carbonyl (C=O) groups is 1. The third-order valence-corrected chi connectivity index (χ3v) is 6.72. The van der Waals surface area contributed by atoms with Crippen LogP contribution in [0.2, 0.25) is 10.0 Å². The normalized spacial score (nSPS) is 13.7. The Morgan fingerprint density at radius 1 is 1.03 bits per heavy atom. The average Bonchev–Trinajstić information content (AvgIpc) is 2.86. The van der Waals surface area contributed by atoms with Crippen molar-refractivity contribution in [1.82, 2.24) is 10.2 Å². The summed E-state index contributed by atoms with van der Waals surface area (Å²) in [5.41, 5.74) is 2.54. The van der Waals surface area contributed by atoms with Crippen LogP contribution in [0.4, 0.5) is 15.8 Å². The first-order valence-electron chi connectivity index (χ1n) is 11.2. The van der Waals surface area contributed by atoms with Crippen LogP contribution < -0.4 is 15.5 Å². The van der Waals surface area contributed by atoms with Crippen molar-refractivity contribution in [3.8, 4) is 6.07 Å². The highest BCUT2D eigenvalue weighted by Gasteiger charge is 2.20. The maximum absolute atomic E-state index is 14.1. The molecular weight excluding hydrogens is 520 g/mol. The smallest absolute Gasteiger partial charge is 0.260 e. The predicted octanol–water partition coefficient (Wildman–Crippen LogP) is 5.45. The molecule has 6 nitrogen and oxygen atoms in total. The molecule has 0 atom stereocenters. The number of halogens is 3. The summed E-state index contributed by atoms with van der Waals surface area (Å²) in [4.78, 5) is 16.9. The zero-order valence-corrected chi connectivity index (χ0v) is 21.4. The van der Waals surface area contributed by atoms with E-state index in [-0.39, 0.29) is 16.2 Å². The van der Waals surface area contributed by atoms with Crippen LogP contribution in [-0.4, -0.2) is 42.1 Å². The van der Waals surface area contributed by atoms with Crippen LogP contribution in [0.25, 0.3) is 0 Å². The zero-order chi connectivity index (χ0) is 25.7. The van der Waals surface area contributed by atoms with E-state index in [1.807, 2.05) is 42.5 Å². The molecule has 1 amide bonds. The molecule has 0 spiro atoms. The number of rotatable bonds is 5. The number of nitrogens with zero attached hydrogens (tertiary/aromatic N) is 3. The van der Waals surface area contributed by atoms with Gasteiger partial charge in [-0.2, -0.15) is 5.26 Å². The Morgan fingerprint density at radius 2 is 1.78 bits per heavy atom. The average molecular weight is 542 g/mol. The van der Waals surface area contributed by atoms with Gasteiger partial charge in [0.1, 0.15) is 5.82 Å². The molecule has 1 aliphatic heterocycles. The van der Waals surface area contributed by atoms with Gasteiger partial charge in [0.2, 0.25) is 0 Å². The summed E-state index contributed by atoms with van der Waals surface area (Å²) in [5.74, 6) is -1.51. The first-order chi connectivity index (χ1) is 17.3. The third-order valence-electron chi connectivity index (χ3n) is 5.84. The van der Waals surface area contributed by atoms with Crippen molar-refractivity contribution in [2.75, 3.05) is 36.4 Å². The van der Waals surface area contributed by atoms with Gasteiger partial charge in [-0.25, -0.2) is 4.39 Å². The molecule has 2 N–H and O–H groups in total. The Hall–Kier alpha value is -3.22. The largest absolute Gasteiger partial charge is 0.368 e. The van der Waals surface area contributed by atoms with E-state index in [2.05, 4.69) is 20.4 Å². The molecular formula is C26H22Cl2FN5OS. The fourth-order valence-electron chi connectivity index (χ4n) is 3.96. The van der Waals surface area contributed by atoms with Gasteiger partial charge in [-0.15, -0.1) is 0 Å². The highest BCUT2D eigenvalue weighted by molar-refractivity contribution is 7.80. The van der Waals surface area contributed by atoms with Gasteiger partial charge >= 0.3 is 0 Å². The molecule has 1 heterocycles. The SMILES string of the molecule is N#Cc1ccc(C(=O)NC(=S)Nc2ccc(N3CCN(Cc4ccccc4Cl)CC3)c(Cl)c2)c(F)c1. The number of amides is 1. The predicted molar refractivity (Wildman–Crippen MR) is 145 cm³/mol. The summed E-state index contributed by atoms with van der Waals surface area (Å²) in [6.07, 6.45) is 0. The number of piperazine rings is 1. The van der Waals surface area contributed by atoms with Crippen LogP contribution in [0.1, 0.15) is 21.5 Å². The number of benzene rings is 3. The number of anilines is 2. The summed E-state index contributed by atoms with van der Waals surface area (Å²) < 4.78 is 14.1.